The van der Waals surface area contributed by atoms with Crippen LogP contribution in [0.4, 0.5) is 4.39 Å². The predicted molar refractivity (Wildman–Crippen MR) is 82.7 cm³/mol. The fraction of sp³-hybridized carbons (Fsp3) is 0.235. The molecule has 0 saturated heterocycles. The smallest absolute Gasteiger partial charge is 0.247 e. The first kappa shape index (κ1) is 14.9. The number of rotatable bonds is 5. The van der Waals surface area contributed by atoms with E-state index < -0.39 is 0 Å². The van der Waals surface area contributed by atoms with E-state index in [1.165, 1.54) is 12.1 Å². The van der Waals surface area contributed by atoms with Crippen LogP contribution in [0.15, 0.2) is 47.1 Å². The Morgan fingerprint density at radius 3 is 2.82 bits per heavy atom. The average Bonchev–Trinajstić information content (AvgIpc) is 3.20. The van der Waals surface area contributed by atoms with Crippen molar-refractivity contribution < 1.29 is 13.6 Å². The van der Waals surface area contributed by atoms with E-state index in [1.807, 2.05) is 0 Å². The highest BCUT2D eigenvalue weighted by atomic mass is 35.5. The molecule has 0 aliphatic heterocycles. The number of carbonyl (C=O) groups excluding carboxylic acids is 1. The van der Waals surface area contributed by atoms with Crippen molar-refractivity contribution in [1.82, 2.24) is 4.90 Å². The number of halogens is 2. The second kappa shape index (κ2) is 6.36. The van der Waals surface area contributed by atoms with Crippen LogP contribution >= 0.6 is 11.6 Å². The van der Waals surface area contributed by atoms with Crippen molar-refractivity contribution in [3.63, 3.8) is 0 Å². The van der Waals surface area contributed by atoms with Gasteiger partial charge in [-0.3, -0.25) is 4.79 Å². The fourth-order valence-corrected chi connectivity index (χ4v) is 2.48. The van der Waals surface area contributed by atoms with Gasteiger partial charge in [0.15, 0.2) is 0 Å². The Labute approximate surface area is 133 Å². The fourth-order valence-electron chi connectivity index (χ4n) is 2.26. The van der Waals surface area contributed by atoms with Gasteiger partial charge in [0.25, 0.3) is 0 Å². The van der Waals surface area contributed by atoms with Gasteiger partial charge < -0.3 is 9.32 Å². The Morgan fingerprint density at radius 1 is 1.36 bits per heavy atom. The van der Waals surface area contributed by atoms with Crippen LogP contribution < -0.4 is 0 Å². The molecule has 1 aliphatic carbocycles. The van der Waals surface area contributed by atoms with E-state index in [2.05, 4.69) is 0 Å². The zero-order valence-electron chi connectivity index (χ0n) is 11.8. The summed E-state index contributed by atoms with van der Waals surface area (Å²) in [7, 11) is 0. The zero-order chi connectivity index (χ0) is 15.5. The topological polar surface area (TPSA) is 33.5 Å². The summed E-state index contributed by atoms with van der Waals surface area (Å²) >= 11 is 6.05. The standard InChI is InChI=1S/C17H15ClFNO2/c18-15-4-1-5-16(19)14(15)11-20(12-6-7-12)17(21)9-8-13-3-2-10-22-13/h1-5,8-10,12H,6-7,11H2/b9-8+. The van der Waals surface area contributed by atoms with Crippen LogP contribution in [0.25, 0.3) is 6.08 Å². The molecule has 2 aromatic rings. The van der Waals surface area contributed by atoms with E-state index in [9.17, 15) is 9.18 Å². The summed E-state index contributed by atoms with van der Waals surface area (Å²) in [5.74, 6) is 0.0483. The summed E-state index contributed by atoms with van der Waals surface area (Å²) in [6, 6.07) is 8.22. The van der Waals surface area contributed by atoms with Gasteiger partial charge in [0.2, 0.25) is 5.91 Å². The second-order valence-corrected chi connectivity index (χ2v) is 5.65. The van der Waals surface area contributed by atoms with Gasteiger partial charge in [0, 0.05) is 22.7 Å². The molecule has 0 N–H and O–H groups in total. The largest absolute Gasteiger partial charge is 0.465 e. The Kier molecular flexibility index (Phi) is 4.29. The van der Waals surface area contributed by atoms with E-state index in [0.29, 0.717) is 16.3 Å². The SMILES string of the molecule is O=C(/C=C/c1ccco1)N(Cc1c(F)cccc1Cl)C1CC1. The van der Waals surface area contributed by atoms with E-state index in [0.717, 1.165) is 12.8 Å². The molecular formula is C17H15ClFNO2. The number of benzene rings is 1. The maximum atomic E-state index is 13.9. The highest BCUT2D eigenvalue weighted by Gasteiger charge is 2.32. The van der Waals surface area contributed by atoms with Crippen LogP contribution in [0.3, 0.4) is 0 Å². The molecule has 114 valence electrons. The molecule has 1 aliphatic rings. The maximum absolute atomic E-state index is 13.9. The molecule has 0 spiro atoms. The van der Waals surface area contributed by atoms with Crippen molar-refractivity contribution in [3.05, 3.63) is 64.8 Å². The molecular weight excluding hydrogens is 305 g/mol. The molecule has 3 nitrogen and oxygen atoms in total. The summed E-state index contributed by atoms with van der Waals surface area (Å²) < 4.78 is 19.1. The van der Waals surface area contributed by atoms with Crippen molar-refractivity contribution in [2.45, 2.75) is 25.4 Å². The van der Waals surface area contributed by atoms with Gasteiger partial charge in [0.1, 0.15) is 11.6 Å². The first-order valence-electron chi connectivity index (χ1n) is 7.10. The summed E-state index contributed by atoms with van der Waals surface area (Å²) in [6.07, 6.45) is 6.48. The van der Waals surface area contributed by atoms with Gasteiger partial charge in [-0.15, -0.1) is 0 Å². The Bertz CT molecular complexity index is 672. The molecule has 0 radical (unpaired) electrons. The van der Waals surface area contributed by atoms with Gasteiger partial charge in [-0.05, 0) is 43.2 Å². The van der Waals surface area contributed by atoms with E-state index in [-0.39, 0.29) is 24.3 Å². The summed E-state index contributed by atoms with van der Waals surface area (Å²) in [4.78, 5) is 14.0. The van der Waals surface area contributed by atoms with Crippen LogP contribution in [0.2, 0.25) is 5.02 Å². The van der Waals surface area contributed by atoms with Gasteiger partial charge in [0.05, 0.1) is 12.8 Å². The minimum Gasteiger partial charge on any atom is -0.465 e. The highest BCUT2D eigenvalue weighted by Crippen LogP contribution is 2.31. The second-order valence-electron chi connectivity index (χ2n) is 5.25. The molecule has 0 atom stereocenters. The molecule has 1 amide bonds. The van der Waals surface area contributed by atoms with Gasteiger partial charge in [-0.2, -0.15) is 0 Å². The highest BCUT2D eigenvalue weighted by molar-refractivity contribution is 6.31. The molecule has 1 saturated carbocycles. The predicted octanol–water partition coefficient (Wildman–Crippen LogP) is 4.28. The lowest BCUT2D eigenvalue weighted by atomic mass is 10.2. The van der Waals surface area contributed by atoms with Crippen LogP contribution in [0, 0.1) is 5.82 Å². The third-order valence-corrected chi connectivity index (χ3v) is 3.95. The van der Waals surface area contributed by atoms with Crippen LogP contribution in [-0.2, 0) is 11.3 Å². The molecule has 1 heterocycles. The molecule has 3 rings (SSSR count). The number of furan rings is 1. The number of hydrogen-bond acceptors (Lipinski definition) is 2. The van der Waals surface area contributed by atoms with Gasteiger partial charge in [-0.1, -0.05) is 17.7 Å². The van der Waals surface area contributed by atoms with Crippen LogP contribution in [0.1, 0.15) is 24.2 Å². The third-order valence-electron chi connectivity index (χ3n) is 3.59. The molecule has 1 fully saturated rings. The summed E-state index contributed by atoms with van der Waals surface area (Å²) in [5.41, 5.74) is 0.357. The maximum Gasteiger partial charge on any atom is 0.247 e. The van der Waals surface area contributed by atoms with Crippen LogP contribution in [0.5, 0.6) is 0 Å². The lowest BCUT2D eigenvalue weighted by Crippen LogP contribution is -2.31. The van der Waals surface area contributed by atoms with E-state index in [1.54, 1.807) is 41.5 Å². The average molecular weight is 320 g/mol. The summed E-state index contributed by atoms with van der Waals surface area (Å²) in [5, 5.41) is 0.341. The van der Waals surface area contributed by atoms with Crippen LogP contribution in [-0.4, -0.2) is 16.8 Å². The van der Waals surface area contributed by atoms with Gasteiger partial charge >= 0.3 is 0 Å². The third kappa shape index (κ3) is 3.39. The minimum absolute atomic E-state index is 0.157. The molecule has 1 aromatic carbocycles. The van der Waals surface area contributed by atoms with Crippen molar-refractivity contribution in [3.8, 4) is 0 Å². The van der Waals surface area contributed by atoms with E-state index in [4.69, 9.17) is 16.0 Å². The summed E-state index contributed by atoms with van der Waals surface area (Å²) in [6.45, 7) is 0.178. The van der Waals surface area contributed by atoms with Crippen molar-refractivity contribution in [2.75, 3.05) is 0 Å². The quantitative estimate of drug-likeness (QED) is 0.771. The zero-order valence-corrected chi connectivity index (χ0v) is 12.6. The Balaban J connectivity index is 1.77. The van der Waals surface area contributed by atoms with Crippen molar-refractivity contribution >= 4 is 23.6 Å². The molecule has 22 heavy (non-hydrogen) atoms. The first-order chi connectivity index (χ1) is 10.6. The Hall–Kier alpha value is -2.07. The minimum atomic E-state index is -0.388. The molecule has 5 heteroatoms. The van der Waals surface area contributed by atoms with Crippen molar-refractivity contribution in [1.29, 1.82) is 0 Å². The lowest BCUT2D eigenvalue weighted by molar-refractivity contribution is -0.127. The number of carbonyl (C=O) groups is 1. The molecule has 0 bridgehead atoms. The lowest BCUT2D eigenvalue weighted by Gasteiger charge is -2.21. The molecule has 1 aromatic heterocycles. The number of amides is 1. The number of hydrogen-bond donors (Lipinski definition) is 0. The number of nitrogens with zero attached hydrogens (tertiary/aromatic N) is 1. The first-order valence-corrected chi connectivity index (χ1v) is 7.48. The Morgan fingerprint density at radius 2 is 2.18 bits per heavy atom. The normalized spacial score (nSPS) is 14.5. The van der Waals surface area contributed by atoms with Gasteiger partial charge in [-0.25, -0.2) is 4.39 Å². The molecule has 0 unspecified atom stereocenters. The van der Waals surface area contributed by atoms with E-state index >= 15 is 0 Å². The monoisotopic (exact) mass is 319 g/mol. The van der Waals surface area contributed by atoms with Crippen molar-refractivity contribution in [2.24, 2.45) is 0 Å².